The van der Waals surface area contributed by atoms with Gasteiger partial charge in [0, 0.05) is 61.8 Å². The fourth-order valence-electron chi connectivity index (χ4n) is 6.52. The van der Waals surface area contributed by atoms with Gasteiger partial charge in [0.2, 0.25) is 5.91 Å². The molecule has 0 spiro atoms. The van der Waals surface area contributed by atoms with Crippen LogP contribution in [0, 0.1) is 6.92 Å². The summed E-state index contributed by atoms with van der Waals surface area (Å²) >= 11 is 0. The number of amides is 1. The fraction of sp³-hybridized carbons (Fsp3) is 0.533. The normalized spacial score (nSPS) is 23.6. The van der Waals surface area contributed by atoms with Crippen LogP contribution in [0.25, 0.3) is 10.9 Å². The Labute approximate surface area is 236 Å². The Morgan fingerprint density at radius 3 is 2.83 bits per heavy atom. The summed E-state index contributed by atoms with van der Waals surface area (Å²) in [5.41, 5.74) is 5.78. The van der Waals surface area contributed by atoms with Gasteiger partial charge >= 0.3 is 6.01 Å². The van der Waals surface area contributed by atoms with Crippen molar-refractivity contribution in [3.8, 4) is 6.01 Å². The Balaban J connectivity index is 1.30. The Bertz CT molecular complexity index is 1420. The minimum absolute atomic E-state index is 0.0217. The van der Waals surface area contributed by atoms with Gasteiger partial charge in [-0.1, -0.05) is 12.6 Å². The number of piperazine rings is 1. The largest absolute Gasteiger partial charge is 0.462 e. The summed E-state index contributed by atoms with van der Waals surface area (Å²) in [6, 6.07) is 5.24. The molecule has 2 aromatic heterocycles. The lowest BCUT2D eigenvalue weighted by Gasteiger charge is -2.44. The molecule has 212 valence electrons. The van der Waals surface area contributed by atoms with Gasteiger partial charge in [0.1, 0.15) is 12.4 Å². The van der Waals surface area contributed by atoms with Crippen LogP contribution in [0.5, 0.6) is 6.01 Å². The molecule has 0 saturated carbocycles. The van der Waals surface area contributed by atoms with E-state index in [4.69, 9.17) is 14.7 Å². The number of fused-ring (bicyclic) bond motifs is 2. The zero-order chi connectivity index (χ0) is 28.0. The van der Waals surface area contributed by atoms with E-state index in [0.717, 1.165) is 60.6 Å². The first-order chi connectivity index (χ1) is 19.3. The molecule has 0 radical (unpaired) electrons. The molecule has 1 amide bonds. The number of likely N-dealkylation sites (tertiary alicyclic amines) is 1. The minimum atomic E-state index is -0.0217. The van der Waals surface area contributed by atoms with Crippen LogP contribution in [0.4, 0.5) is 5.82 Å². The van der Waals surface area contributed by atoms with E-state index in [0.29, 0.717) is 31.7 Å². The first-order valence-corrected chi connectivity index (χ1v) is 14.4. The topological polar surface area (TPSA) is 93.7 Å². The summed E-state index contributed by atoms with van der Waals surface area (Å²) in [5, 5.41) is 8.54. The number of aromatic amines is 1. The number of aryl methyl sites for hydroxylation is 1. The summed E-state index contributed by atoms with van der Waals surface area (Å²) in [4.78, 5) is 31.5. The highest BCUT2D eigenvalue weighted by molar-refractivity contribution is 5.87. The number of likely N-dealkylation sites (N-methyl/N-ethyl adjacent to an activating group) is 1. The van der Waals surface area contributed by atoms with Crippen molar-refractivity contribution >= 4 is 22.6 Å². The first-order valence-electron chi connectivity index (χ1n) is 14.4. The van der Waals surface area contributed by atoms with Crippen LogP contribution in [0.15, 0.2) is 31.0 Å². The highest BCUT2D eigenvalue weighted by Gasteiger charge is 2.36. The number of H-pyrrole nitrogens is 1. The van der Waals surface area contributed by atoms with E-state index in [2.05, 4.69) is 71.4 Å². The van der Waals surface area contributed by atoms with Crippen molar-refractivity contribution in [2.45, 2.75) is 71.4 Å². The first kappa shape index (κ1) is 26.7. The number of nitrogens with one attached hydrogen (secondary N) is 1. The van der Waals surface area contributed by atoms with Gasteiger partial charge < -0.3 is 19.4 Å². The van der Waals surface area contributed by atoms with Gasteiger partial charge in [-0.2, -0.15) is 15.1 Å². The second kappa shape index (κ2) is 10.8. The molecule has 3 atom stereocenters. The van der Waals surface area contributed by atoms with Crippen molar-refractivity contribution in [1.29, 1.82) is 0 Å². The van der Waals surface area contributed by atoms with Gasteiger partial charge in [-0.3, -0.25) is 14.8 Å². The van der Waals surface area contributed by atoms with Crippen molar-refractivity contribution in [3.63, 3.8) is 0 Å². The van der Waals surface area contributed by atoms with E-state index >= 15 is 0 Å². The van der Waals surface area contributed by atoms with Crippen LogP contribution >= 0.6 is 0 Å². The average Bonchev–Trinajstić information content (AvgIpc) is 3.69. The van der Waals surface area contributed by atoms with E-state index in [1.807, 2.05) is 11.1 Å². The third-order valence-corrected chi connectivity index (χ3v) is 8.95. The van der Waals surface area contributed by atoms with Crippen LogP contribution in [0.2, 0.25) is 0 Å². The van der Waals surface area contributed by atoms with E-state index < -0.39 is 0 Å². The molecule has 5 heterocycles. The van der Waals surface area contributed by atoms with Crippen molar-refractivity contribution in [1.82, 2.24) is 34.9 Å². The van der Waals surface area contributed by atoms with E-state index in [1.54, 1.807) is 0 Å². The standard InChI is InChI=1S/C30H40N8O2/c1-6-28(39)37-13-21(4)38(14-20(37)3)29-25-16-36(15-24-19(2)9-10-26-23(24)12-31-34-26)17-27(25)32-30(33-29)40-18-22-8-7-11-35(22)5/h6,9-10,12,20-22H,1,7-8,11,13-18H2,2-5H3,(H,31,34)/t20-,21+,22+/m1/s1. The number of nitrogens with zero attached hydrogens (tertiary/aromatic N) is 7. The molecule has 0 bridgehead atoms. The van der Waals surface area contributed by atoms with E-state index in [-0.39, 0.29) is 18.0 Å². The number of carbonyl (C=O) groups is 1. The van der Waals surface area contributed by atoms with Crippen LogP contribution in [0.1, 0.15) is 49.1 Å². The molecular formula is C30H40N8O2. The number of hydrogen-bond acceptors (Lipinski definition) is 8. The molecule has 10 heteroatoms. The van der Waals surface area contributed by atoms with Crippen molar-refractivity contribution in [3.05, 3.63) is 53.4 Å². The lowest BCUT2D eigenvalue weighted by Crippen LogP contribution is -2.58. The van der Waals surface area contributed by atoms with Gasteiger partial charge in [-0.25, -0.2) is 0 Å². The molecule has 6 rings (SSSR count). The highest BCUT2D eigenvalue weighted by Crippen LogP contribution is 2.35. The third kappa shape index (κ3) is 4.94. The smallest absolute Gasteiger partial charge is 0.318 e. The number of carbonyl (C=O) groups excluding carboxylic acids is 1. The summed E-state index contributed by atoms with van der Waals surface area (Å²) < 4.78 is 6.28. The summed E-state index contributed by atoms with van der Waals surface area (Å²) in [6.07, 6.45) is 5.66. The van der Waals surface area contributed by atoms with Crippen LogP contribution in [-0.2, 0) is 24.4 Å². The zero-order valence-corrected chi connectivity index (χ0v) is 24.1. The van der Waals surface area contributed by atoms with E-state index in [1.165, 1.54) is 23.6 Å². The van der Waals surface area contributed by atoms with Gasteiger partial charge in [0.25, 0.3) is 0 Å². The summed E-state index contributed by atoms with van der Waals surface area (Å²) in [6.45, 7) is 15.4. The van der Waals surface area contributed by atoms with Crippen molar-refractivity contribution < 1.29 is 9.53 Å². The molecular weight excluding hydrogens is 504 g/mol. The maximum absolute atomic E-state index is 12.5. The predicted molar refractivity (Wildman–Crippen MR) is 155 cm³/mol. The van der Waals surface area contributed by atoms with E-state index in [9.17, 15) is 4.79 Å². The van der Waals surface area contributed by atoms with Gasteiger partial charge in [-0.15, -0.1) is 0 Å². The monoisotopic (exact) mass is 544 g/mol. The fourth-order valence-corrected chi connectivity index (χ4v) is 6.52. The second-order valence-corrected chi connectivity index (χ2v) is 11.7. The predicted octanol–water partition coefficient (Wildman–Crippen LogP) is 3.26. The Morgan fingerprint density at radius 2 is 2.05 bits per heavy atom. The molecule has 1 N–H and O–H groups in total. The Kier molecular flexibility index (Phi) is 7.22. The molecule has 1 aromatic carbocycles. The molecule has 10 nitrogen and oxygen atoms in total. The molecule has 2 fully saturated rings. The lowest BCUT2D eigenvalue weighted by molar-refractivity contribution is -0.128. The zero-order valence-electron chi connectivity index (χ0n) is 24.1. The Hall–Kier alpha value is -3.50. The number of hydrogen-bond donors (Lipinski definition) is 1. The molecule has 40 heavy (non-hydrogen) atoms. The summed E-state index contributed by atoms with van der Waals surface area (Å²) in [7, 11) is 2.16. The maximum atomic E-state index is 12.5. The lowest BCUT2D eigenvalue weighted by atomic mass is 10.0. The number of aromatic nitrogens is 4. The van der Waals surface area contributed by atoms with Gasteiger partial charge in [0.15, 0.2) is 0 Å². The number of ether oxygens (including phenoxy) is 1. The Morgan fingerprint density at radius 1 is 1.20 bits per heavy atom. The highest BCUT2D eigenvalue weighted by atomic mass is 16.5. The molecule has 3 aliphatic heterocycles. The van der Waals surface area contributed by atoms with Gasteiger partial charge in [0.05, 0.1) is 17.4 Å². The number of rotatable bonds is 7. The van der Waals surface area contributed by atoms with Crippen LogP contribution in [-0.4, -0.2) is 92.2 Å². The van der Waals surface area contributed by atoms with Gasteiger partial charge in [-0.05, 0) is 70.5 Å². The molecule has 0 unspecified atom stereocenters. The molecule has 0 aliphatic carbocycles. The number of benzene rings is 1. The van der Waals surface area contributed by atoms with Crippen molar-refractivity contribution in [2.75, 3.05) is 38.2 Å². The van der Waals surface area contributed by atoms with Crippen molar-refractivity contribution in [2.24, 2.45) is 0 Å². The SMILES string of the molecule is C=CC(=O)N1C[C@H](C)N(c2nc(OC[C@@H]3CCCN3C)nc3c2CN(Cc2c(C)ccc4[nH]ncc24)C3)C[C@H]1C. The molecule has 2 saturated heterocycles. The average molecular weight is 545 g/mol. The molecule has 3 aromatic rings. The summed E-state index contributed by atoms with van der Waals surface area (Å²) in [5.74, 6) is 0.914. The molecule has 3 aliphatic rings. The second-order valence-electron chi connectivity index (χ2n) is 11.7. The van der Waals surface area contributed by atoms with Crippen LogP contribution < -0.4 is 9.64 Å². The third-order valence-electron chi connectivity index (χ3n) is 8.95. The quantitative estimate of drug-likeness (QED) is 0.453. The minimum Gasteiger partial charge on any atom is -0.462 e. The maximum Gasteiger partial charge on any atom is 0.318 e. The number of anilines is 1. The van der Waals surface area contributed by atoms with Crippen LogP contribution in [0.3, 0.4) is 0 Å².